The van der Waals surface area contributed by atoms with Crippen molar-refractivity contribution in [2.24, 2.45) is 0 Å². The van der Waals surface area contributed by atoms with Gasteiger partial charge in [0.1, 0.15) is 25.1 Å². The number of rotatable bonds is 2. The molecule has 1 atom stereocenters. The molecule has 0 spiro atoms. The van der Waals surface area contributed by atoms with Gasteiger partial charge in [-0.1, -0.05) is 28.1 Å². The second kappa shape index (κ2) is 5.94. The van der Waals surface area contributed by atoms with Crippen molar-refractivity contribution in [1.82, 2.24) is 0 Å². The zero-order valence-corrected chi connectivity index (χ0v) is 13.9. The van der Waals surface area contributed by atoms with Crippen molar-refractivity contribution >= 4 is 31.9 Å². The highest BCUT2D eigenvalue weighted by molar-refractivity contribution is 9.10. The number of benzene rings is 2. The fourth-order valence-corrected chi connectivity index (χ4v) is 3.21. The van der Waals surface area contributed by atoms with Crippen LogP contribution in [0.3, 0.4) is 0 Å². The number of aliphatic hydroxyl groups is 1. The molecule has 2 aromatic carbocycles. The minimum absolute atomic E-state index is 0.249. The molecule has 1 N–H and O–H groups in total. The molecule has 0 fully saturated rings. The quantitative estimate of drug-likeness (QED) is 0.795. The summed E-state index contributed by atoms with van der Waals surface area (Å²) in [5, 5.41) is 10.6. The molecule has 21 heavy (non-hydrogen) atoms. The van der Waals surface area contributed by atoms with Crippen LogP contribution < -0.4 is 9.47 Å². The number of hydrogen-bond donors (Lipinski definition) is 1. The number of ether oxygens (including phenoxy) is 2. The Morgan fingerprint density at radius 1 is 1.05 bits per heavy atom. The van der Waals surface area contributed by atoms with Crippen molar-refractivity contribution in [3.63, 3.8) is 0 Å². The lowest BCUT2D eigenvalue weighted by Gasteiger charge is -2.22. The van der Waals surface area contributed by atoms with Gasteiger partial charge < -0.3 is 14.6 Å². The van der Waals surface area contributed by atoms with E-state index in [-0.39, 0.29) is 4.47 Å². The Balaban J connectivity index is 2.05. The Hall–Kier alpha value is -1.11. The highest BCUT2D eigenvalue weighted by Gasteiger charge is 2.22. The fraction of sp³-hybridized carbons (Fsp3) is 0.200. The Bertz CT molecular complexity index is 691. The van der Waals surface area contributed by atoms with E-state index in [1.165, 1.54) is 6.07 Å². The average molecular weight is 418 g/mol. The largest absolute Gasteiger partial charge is 0.486 e. The minimum Gasteiger partial charge on any atom is -0.486 e. The van der Waals surface area contributed by atoms with Crippen LogP contribution in [0.15, 0.2) is 39.3 Å². The Morgan fingerprint density at radius 2 is 1.71 bits per heavy atom. The van der Waals surface area contributed by atoms with Crippen LogP contribution in [-0.4, -0.2) is 18.3 Å². The van der Waals surface area contributed by atoms with Crippen LogP contribution >= 0.6 is 31.9 Å². The summed E-state index contributed by atoms with van der Waals surface area (Å²) < 4.78 is 25.5. The van der Waals surface area contributed by atoms with E-state index >= 15 is 0 Å². The molecule has 1 heterocycles. The Labute approximate surface area is 137 Å². The summed E-state index contributed by atoms with van der Waals surface area (Å²) in [6.45, 7) is 0.963. The average Bonchev–Trinajstić information content (AvgIpc) is 2.48. The van der Waals surface area contributed by atoms with Gasteiger partial charge in [0.05, 0.1) is 4.47 Å². The Kier molecular flexibility index (Phi) is 4.19. The summed E-state index contributed by atoms with van der Waals surface area (Å²) >= 11 is 6.58. The number of fused-ring (bicyclic) bond motifs is 1. The van der Waals surface area contributed by atoms with Crippen molar-refractivity contribution in [2.45, 2.75) is 6.10 Å². The molecule has 0 aliphatic carbocycles. The van der Waals surface area contributed by atoms with E-state index in [1.54, 1.807) is 24.3 Å². The first-order chi connectivity index (χ1) is 10.1. The van der Waals surface area contributed by atoms with E-state index in [0.717, 1.165) is 0 Å². The van der Waals surface area contributed by atoms with Crippen molar-refractivity contribution < 1.29 is 19.0 Å². The number of halogens is 3. The lowest BCUT2D eigenvalue weighted by molar-refractivity contribution is 0.169. The van der Waals surface area contributed by atoms with Gasteiger partial charge in [0.25, 0.3) is 0 Å². The summed E-state index contributed by atoms with van der Waals surface area (Å²) in [6, 6.07) is 8.02. The molecule has 3 rings (SSSR count). The number of aliphatic hydroxyl groups excluding tert-OH is 1. The lowest BCUT2D eigenvalue weighted by Crippen LogP contribution is -2.16. The summed E-state index contributed by atoms with van der Waals surface area (Å²) in [5.74, 6) is 0.786. The van der Waals surface area contributed by atoms with Gasteiger partial charge in [-0.25, -0.2) is 4.39 Å². The van der Waals surface area contributed by atoms with Crippen LogP contribution in [-0.2, 0) is 0 Å². The van der Waals surface area contributed by atoms with Crippen LogP contribution in [0.5, 0.6) is 11.5 Å². The van der Waals surface area contributed by atoms with Gasteiger partial charge >= 0.3 is 0 Å². The highest BCUT2D eigenvalue weighted by Crippen LogP contribution is 2.40. The van der Waals surface area contributed by atoms with E-state index in [2.05, 4.69) is 31.9 Å². The van der Waals surface area contributed by atoms with Crippen LogP contribution in [0, 0.1) is 5.82 Å². The predicted octanol–water partition coefficient (Wildman–Crippen LogP) is 4.20. The zero-order chi connectivity index (χ0) is 15.0. The predicted molar refractivity (Wildman–Crippen MR) is 83.3 cm³/mol. The zero-order valence-electron chi connectivity index (χ0n) is 10.8. The maximum absolute atomic E-state index is 13.6. The molecule has 3 nitrogen and oxygen atoms in total. The topological polar surface area (TPSA) is 38.7 Å². The van der Waals surface area contributed by atoms with E-state index in [0.29, 0.717) is 40.3 Å². The smallest absolute Gasteiger partial charge is 0.162 e. The maximum Gasteiger partial charge on any atom is 0.162 e. The summed E-state index contributed by atoms with van der Waals surface area (Å²) in [6.07, 6.45) is -0.986. The summed E-state index contributed by atoms with van der Waals surface area (Å²) in [7, 11) is 0. The minimum atomic E-state index is -0.986. The first kappa shape index (κ1) is 14.8. The molecule has 6 heteroatoms. The molecule has 0 amide bonds. The van der Waals surface area contributed by atoms with Crippen molar-refractivity contribution in [3.8, 4) is 11.5 Å². The van der Waals surface area contributed by atoms with Gasteiger partial charge in [-0.15, -0.1) is 0 Å². The van der Waals surface area contributed by atoms with Crippen LogP contribution in [0.2, 0.25) is 0 Å². The van der Waals surface area contributed by atoms with E-state index in [4.69, 9.17) is 9.47 Å². The molecule has 0 saturated heterocycles. The van der Waals surface area contributed by atoms with Gasteiger partial charge in [-0.3, -0.25) is 0 Å². The summed E-state index contributed by atoms with van der Waals surface area (Å²) in [5.41, 5.74) is 1.04. The molecular weight excluding hydrogens is 407 g/mol. The molecule has 0 radical (unpaired) electrons. The number of hydrogen-bond acceptors (Lipinski definition) is 3. The van der Waals surface area contributed by atoms with Gasteiger partial charge in [-0.05, 0) is 34.1 Å². The third-order valence-corrected chi connectivity index (χ3v) is 4.76. The standard InChI is InChI=1S/C15H11Br2FO3/c16-10-7-13-12(20-4-5-21-13)6-9(10)15(19)8-2-1-3-11(18)14(8)17/h1-3,6-7,15,19H,4-5H2. The second-order valence-electron chi connectivity index (χ2n) is 4.56. The van der Waals surface area contributed by atoms with E-state index in [9.17, 15) is 9.50 Å². The molecule has 0 bridgehead atoms. The van der Waals surface area contributed by atoms with Crippen LogP contribution in [0.1, 0.15) is 17.2 Å². The Morgan fingerprint density at radius 3 is 2.43 bits per heavy atom. The van der Waals surface area contributed by atoms with Crippen molar-refractivity contribution in [3.05, 3.63) is 56.2 Å². The molecular formula is C15H11Br2FO3. The molecule has 1 unspecified atom stereocenters. The third-order valence-electron chi connectivity index (χ3n) is 3.23. The van der Waals surface area contributed by atoms with Gasteiger partial charge in [0.15, 0.2) is 11.5 Å². The SMILES string of the molecule is OC(c1cc2c(cc1Br)OCCO2)c1cccc(F)c1Br. The first-order valence-corrected chi connectivity index (χ1v) is 7.87. The van der Waals surface area contributed by atoms with E-state index in [1.807, 2.05) is 0 Å². The molecule has 0 aromatic heterocycles. The molecule has 0 saturated carbocycles. The second-order valence-corrected chi connectivity index (χ2v) is 6.21. The molecule has 1 aliphatic heterocycles. The maximum atomic E-state index is 13.6. The molecule has 110 valence electrons. The normalized spacial score (nSPS) is 14.9. The monoisotopic (exact) mass is 416 g/mol. The highest BCUT2D eigenvalue weighted by atomic mass is 79.9. The van der Waals surface area contributed by atoms with Gasteiger partial charge in [-0.2, -0.15) is 0 Å². The van der Waals surface area contributed by atoms with Crippen molar-refractivity contribution in [1.29, 1.82) is 0 Å². The fourth-order valence-electron chi connectivity index (χ4n) is 2.19. The van der Waals surface area contributed by atoms with Crippen LogP contribution in [0.4, 0.5) is 4.39 Å². The summed E-state index contributed by atoms with van der Waals surface area (Å²) in [4.78, 5) is 0. The van der Waals surface area contributed by atoms with E-state index < -0.39 is 11.9 Å². The van der Waals surface area contributed by atoms with Gasteiger partial charge in [0.2, 0.25) is 0 Å². The van der Waals surface area contributed by atoms with Crippen molar-refractivity contribution in [2.75, 3.05) is 13.2 Å². The molecule has 2 aromatic rings. The van der Waals surface area contributed by atoms with Gasteiger partial charge in [0, 0.05) is 15.6 Å². The first-order valence-electron chi connectivity index (χ1n) is 6.29. The van der Waals surface area contributed by atoms with Crippen LogP contribution in [0.25, 0.3) is 0 Å². The molecule has 1 aliphatic rings. The third kappa shape index (κ3) is 2.80. The lowest BCUT2D eigenvalue weighted by atomic mass is 10.0.